The second kappa shape index (κ2) is 7.20. The number of rotatable bonds is 6. The quantitative estimate of drug-likeness (QED) is 0.725. The highest BCUT2D eigenvalue weighted by molar-refractivity contribution is 4.74. The molecule has 0 aromatic heterocycles. The molecule has 90 valence electrons. The summed E-state index contributed by atoms with van der Waals surface area (Å²) in [7, 11) is 2.21. The highest BCUT2D eigenvalue weighted by Gasteiger charge is 2.19. The molecule has 1 saturated heterocycles. The maximum atomic E-state index is 5.85. The molecule has 1 heterocycles. The summed E-state index contributed by atoms with van der Waals surface area (Å²) in [4.78, 5) is 2.43. The van der Waals surface area contributed by atoms with Crippen LogP contribution in [-0.4, -0.2) is 50.3 Å². The summed E-state index contributed by atoms with van der Waals surface area (Å²) < 4.78 is 5.85. The molecule has 3 heteroatoms. The highest BCUT2D eigenvalue weighted by Crippen LogP contribution is 2.15. The van der Waals surface area contributed by atoms with Crippen molar-refractivity contribution in [3.05, 3.63) is 0 Å². The van der Waals surface area contributed by atoms with Crippen molar-refractivity contribution in [3.8, 4) is 0 Å². The number of hydrogen-bond acceptors (Lipinski definition) is 3. The summed E-state index contributed by atoms with van der Waals surface area (Å²) in [6.45, 7) is 8.38. The van der Waals surface area contributed by atoms with E-state index in [2.05, 4.69) is 31.1 Å². The Bertz CT molecular complexity index is 164. The Balaban J connectivity index is 2.11. The minimum absolute atomic E-state index is 0.334. The van der Waals surface area contributed by atoms with Crippen LogP contribution in [0.1, 0.15) is 33.1 Å². The van der Waals surface area contributed by atoms with E-state index in [-0.39, 0.29) is 0 Å². The van der Waals surface area contributed by atoms with Crippen LogP contribution in [-0.2, 0) is 4.74 Å². The van der Waals surface area contributed by atoms with Crippen molar-refractivity contribution in [1.29, 1.82) is 0 Å². The summed E-state index contributed by atoms with van der Waals surface area (Å²) in [6.07, 6.45) is 4.34. The molecular weight excluding hydrogens is 188 g/mol. The number of hydrogen-bond donors (Lipinski definition) is 1. The third-order valence-electron chi connectivity index (χ3n) is 3.18. The van der Waals surface area contributed by atoms with Crippen LogP contribution in [0.3, 0.4) is 0 Å². The molecule has 15 heavy (non-hydrogen) atoms. The normalized spacial score (nSPS) is 25.4. The lowest BCUT2D eigenvalue weighted by atomic mass is 10.0. The smallest absolute Gasteiger partial charge is 0.0672 e. The third kappa shape index (κ3) is 4.96. The van der Waals surface area contributed by atoms with Crippen molar-refractivity contribution >= 4 is 0 Å². The summed E-state index contributed by atoms with van der Waals surface area (Å²) in [5, 5.41) is 3.31. The van der Waals surface area contributed by atoms with Gasteiger partial charge >= 0.3 is 0 Å². The van der Waals surface area contributed by atoms with Crippen LogP contribution in [0.25, 0.3) is 0 Å². The molecule has 0 aliphatic carbocycles. The topological polar surface area (TPSA) is 24.5 Å². The van der Waals surface area contributed by atoms with Crippen molar-refractivity contribution < 1.29 is 4.74 Å². The maximum Gasteiger partial charge on any atom is 0.0672 e. The number of ether oxygens (including phenoxy) is 1. The maximum absolute atomic E-state index is 5.85. The zero-order chi connectivity index (χ0) is 11.1. The molecule has 2 atom stereocenters. The number of piperidine rings is 1. The minimum Gasteiger partial charge on any atom is -0.376 e. The molecule has 2 unspecified atom stereocenters. The van der Waals surface area contributed by atoms with Crippen LogP contribution in [0.2, 0.25) is 0 Å². The monoisotopic (exact) mass is 214 g/mol. The number of nitrogens with zero attached hydrogens (tertiary/aromatic N) is 1. The van der Waals surface area contributed by atoms with Crippen molar-refractivity contribution in [3.63, 3.8) is 0 Å². The van der Waals surface area contributed by atoms with Gasteiger partial charge in [-0.2, -0.15) is 0 Å². The first-order valence-corrected chi connectivity index (χ1v) is 6.26. The Kier molecular flexibility index (Phi) is 6.22. The lowest BCUT2D eigenvalue weighted by Crippen LogP contribution is -2.41. The third-order valence-corrected chi connectivity index (χ3v) is 3.18. The van der Waals surface area contributed by atoms with Gasteiger partial charge in [0.2, 0.25) is 0 Å². The predicted octanol–water partition coefficient (Wildman–Crippen LogP) is 1.49. The fraction of sp³-hybridized carbons (Fsp3) is 1.00. The van der Waals surface area contributed by atoms with Gasteiger partial charge in [0.05, 0.1) is 12.7 Å². The van der Waals surface area contributed by atoms with E-state index in [0.29, 0.717) is 12.1 Å². The second-order valence-corrected chi connectivity index (χ2v) is 4.58. The molecule has 3 nitrogen and oxygen atoms in total. The summed E-state index contributed by atoms with van der Waals surface area (Å²) in [5.74, 6) is 0. The zero-order valence-electron chi connectivity index (χ0n) is 10.5. The van der Waals surface area contributed by atoms with E-state index in [0.717, 1.165) is 19.7 Å². The van der Waals surface area contributed by atoms with Crippen molar-refractivity contribution in [1.82, 2.24) is 10.2 Å². The first-order valence-electron chi connectivity index (χ1n) is 6.26. The van der Waals surface area contributed by atoms with Gasteiger partial charge in [0.1, 0.15) is 0 Å². The molecule has 1 rings (SSSR count). The molecule has 0 spiro atoms. The van der Waals surface area contributed by atoms with E-state index in [1.807, 2.05) is 0 Å². The lowest BCUT2D eigenvalue weighted by molar-refractivity contribution is 0.0128. The summed E-state index contributed by atoms with van der Waals surface area (Å²) in [6, 6.07) is 0.642. The van der Waals surface area contributed by atoms with Gasteiger partial charge in [0.25, 0.3) is 0 Å². The first kappa shape index (κ1) is 12.9. The Morgan fingerprint density at radius 2 is 2.27 bits per heavy atom. The van der Waals surface area contributed by atoms with Crippen molar-refractivity contribution in [2.45, 2.75) is 45.3 Å². The lowest BCUT2D eigenvalue weighted by Gasteiger charge is -2.33. The van der Waals surface area contributed by atoms with E-state index in [4.69, 9.17) is 4.74 Å². The molecule has 1 fully saturated rings. The van der Waals surface area contributed by atoms with E-state index in [1.54, 1.807) is 0 Å². The highest BCUT2D eigenvalue weighted by atomic mass is 16.5. The number of nitrogens with one attached hydrogen (secondary N) is 1. The summed E-state index contributed by atoms with van der Waals surface area (Å²) >= 11 is 0. The molecule has 0 saturated carbocycles. The Morgan fingerprint density at radius 3 is 2.93 bits per heavy atom. The first-order chi connectivity index (χ1) is 7.24. The average molecular weight is 214 g/mol. The van der Waals surface area contributed by atoms with Gasteiger partial charge in [0.15, 0.2) is 0 Å². The standard InChI is InChI=1S/C12H26N2O/c1-4-13-9-11(2)15-10-12-7-5-6-8-14(12)3/h11-13H,4-10H2,1-3H3. The van der Waals surface area contributed by atoms with Crippen LogP contribution < -0.4 is 5.32 Å². The molecule has 0 aromatic rings. The van der Waals surface area contributed by atoms with Crippen LogP contribution in [0.15, 0.2) is 0 Å². The van der Waals surface area contributed by atoms with Crippen LogP contribution in [0.4, 0.5) is 0 Å². The van der Waals surface area contributed by atoms with Crippen LogP contribution >= 0.6 is 0 Å². The van der Waals surface area contributed by atoms with Gasteiger partial charge in [-0.05, 0) is 39.9 Å². The van der Waals surface area contributed by atoms with Gasteiger partial charge < -0.3 is 15.0 Å². The van der Waals surface area contributed by atoms with E-state index >= 15 is 0 Å². The second-order valence-electron chi connectivity index (χ2n) is 4.58. The van der Waals surface area contributed by atoms with Gasteiger partial charge in [-0.1, -0.05) is 13.3 Å². The minimum atomic E-state index is 0.334. The molecule has 0 radical (unpaired) electrons. The van der Waals surface area contributed by atoms with Gasteiger partial charge in [-0.3, -0.25) is 0 Å². The summed E-state index contributed by atoms with van der Waals surface area (Å²) in [5.41, 5.74) is 0. The fourth-order valence-electron chi connectivity index (χ4n) is 2.04. The molecule has 1 N–H and O–H groups in total. The molecule has 0 bridgehead atoms. The number of likely N-dealkylation sites (tertiary alicyclic amines) is 1. The molecule has 0 aromatic carbocycles. The predicted molar refractivity (Wildman–Crippen MR) is 64.2 cm³/mol. The average Bonchev–Trinajstić information content (AvgIpc) is 2.25. The SMILES string of the molecule is CCNCC(C)OCC1CCCCN1C. The van der Waals surface area contributed by atoms with Crippen molar-refractivity contribution in [2.24, 2.45) is 0 Å². The Labute approximate surface area is 94.2 Å². The van der Waals surface area contributed by atoms with E-state index < -0.39 is 0 Å². The Morgan fingerprint density at radius 1 is 1.47 bits per heavy atom. The van der Waals surface area contributed by atoms with Gasteiger partial charge in [0, 0.05) is 12.6 Å². The molecule has 1 aliphatic rings. The van der Waals surface area contributed by atoms with E-state index in [1.165, 1.54) is 25.8 Å². The van der Waals surface area contributed by atoms with Crippen molar-refractivity contribution in [2.75, 3.05) is 33.3 Å². The zero-order valence-corrected chi connectivity index (χ0v) is 10.5. The van der Waals surface area contributed by atoms with Gasteiger partial charge in [-0.25, -0.2) is 0 Å². The Hall–Kier alpha value is -0.120. The largest absolute Gasteiger partial charge is 0.376 e. The molecule has 1 aliphatic heterocycles. The molecular formula is C12H26N2O. The van der Waals surface area contributed by atoms with Crippen LogP contribution in [0.5, 0.6) is 0 Å². The number of likely N-dealkylation sites (N-methyl/N-ethyl adjacent to an activating group) is 2. The fourth-order valence-corrected chi connectivity index (χ4v) is 2.04. The van der Waals surface area contributed by atoms with Crippen LogP contribution in [0, 0.1) is 0 Å². The van der Waals surface area contributed by atoms with Gasteiger partial charge in [-0.15, -0.1) is 0 Å². The van der Waals surface area contributed by atoms with E-state index in [9.17, 15) is 0 Å². The molecule has 0 amide bonds.